The van der Waals surface area contributed by atoms with Crippen molar-refractivity contribution in [3.8, 4) is 16.9 Å². The van der Waals surface area contributed by atoms with Crippen LogP contribution in [0.15, 0.2) is 83.9 Å². The zero-order valence-electron chi connectivity index (χ0n) is 21.6. The summed E-state index contributed by atoms with van der Waals surface area (Å²) in [7, 11) is 1.62. The van der Waals surface area contributed by atoms with Gasteiger partial charge in [-0.1, -0.05) is 73.7 Å². The van der Waals surface area contributed by atoms with E-state index in [0.29, 0.717) is 12.3 Å². The molecule has 1 saturated carbocycles. The molecule has 5 unspecified atom stereocenters. The minimum Gasteiger partial charge on any atom is -0.497 e. The van der Waals surface area contributed by atoms with Crippen molar-refractivity contribution in [3.63, 3.8) is 0 Å². The lowest BCUT2D eigenvalue weighted by Gasteiger charge is -2.43. The summed E-state index contributed by atoms with van der Waals surface area (Å²) in [6, 6.07) is 25.9. The van der Waals surface area contributed by atoms with E-state index in [1.54, 1.807) is 7.11 Å². The Hall–Kier alpha value is -3.73. The smallest absolute Gasteiger partial charge is 0.315 e. The van der Waals surface area contributed by atoms with E-state index in [-0.39, 0.29) is 36.2 Å². The van der Waals surface area contributed by atoms with Gasteiger partial charge in [0.25, 0.3) is 0 Å². The predicted octanol–water partition coefficient (Wildman–Crippen LogP) is 6.26. The standard InChI is InChI=1S/C32H33NO4/c1-20-17-27-31(28(34)18-20)30(25-13-11-24(12-14-25)23-7-5-4-6-8-23)29(21(2)33-27)32(35)37-19-22-9-15-26(36-3)16-10-22/h4-16,20,27,29-31H,17-19H2,1-3H3. The summed E-state index contributed by atoms with van der Waals surface area (Å²) >= 11 is 0. The average Bonchev–Trinajstić information content (AvgIpc) is 2.91. The maximum atomic E-state index is 13.6. The molecule has 0 spiro atoms. The van der Waals surface area contributed by atoms with E-state index < -0.39 is 5.92 Å². The summed E-state index contributed by atoms with van der Waals surface area (Å²) in [6.07, 6.45) is 1.39. The van der Waals surface area contributed by atoms with Gasteiger partial charge >= 0.3 is 5.97 Å². The lowest BCUT2D eigenvalue weighted by atomic mass is 9.63. The maximum absolute atomic E-state index is 13.6. The lowest BCUT2D eigenvalue weighted by Crippen LogP contribution is -2.48. The van der Waals surface area contributed by atoms with E-state index in [1.165, 1.54) is 0 Å². The van der Waals surface area contributed by atoms with Gasteiger partial charge in [0.15, 0.2) is 0 Å². The van der Waals surface area contributed by atoms with Crippen molar-refractivity contribution in [3.05, 3.63) is 90.0 Å². The number of methoxy groups -OCH3 is 1. The normalized spacial score (nSPS) is 25.1. The monoisotopic (exact) mass is 495 g/mol. The predicted molar refractivity (Wildman–Crippen MR) is 145 cm³/mol. The van der Waals surface area contributed by atoms with Gasteiger partial charge in [-0.25, -0.2) is 0 Å². The van der Waals surface area contributed by atoms with Crippen LogP contribution in [0.2, 0.25) is 0 Å². The van der Waals surface area contributed by atoms with Crippen LogP contribution in [0.4, 0.5) is 0 Å². The summed E-state index contributed by atoms with van der Waals surface area (Å²) in [6.45, 7) is 4.17. The summed E-state index contributed by atoms with van der Waals surface area (Å²) < 4.78 is 11.0. The van der Waals surface area contributed by atoms with Crippen molar-refractivity contribution in [2.75, 3.05) is 7.11 Å². The first kappa shape index (κ1) is 24.9. The summed E-state index contributed by atoms with van der Waals surface area (Å²) in [5, 5.41) is 0. The molecule has 5 atom stereocenters. The molecular weight excluding hydrogens is 462 g/mol. The summed E-state index contributed by atoms with van der Waals surface area (Å²) in [5.41, 5.74) is 4.85. The fourth-order valence-electron chi connectivity index (χ4n) is 5.93. The van der Waals surface area contributed by atoms with Gasteiger partial charge in [-0.2, -0.15) is 0 Å². The van der Waals surface area contributed by atoms with Gasteiger partial charge in [0.2, 0.25) is 0 Å². The van der Waals surface area contributed by atoms with Crippen LogP contribution in [0.3, 0.4) is 0 Å². The topological polar surface area (TPSA) is 65.0 Å². The fourth-order valence-corrected chi connectivity index (χ4v) is 5.93. The Labute approximate surface area is 218 Å². The van der Waals surface area contributed by atoms with Crippen LogP contribution in [-0.4, -0.2) is 30.6 Å². The minimum absolute atomic E-state index is 0.0966. The molecule has 0 saturated heterocycles. The molecule has 0 amide bonds. The van der Waals surface area contributed by atoms with E-state index in [0.717, 1.165) is 40.1 Å². The van der Waals surface area contributed by atoms with Crippen LogP contribution in [0.1, 0.15) is 43.7 Å². The van der Waals surface area contributed by atoms with Gasteiger partial charge in [0.1, 0.15) is 24.1 Å². The first-order valence-corrected chi connectivity index (χ1v) is 13.0. The number of hydrogen-bond acceptors (Lipinski definition) is 5. The Balaban J connectivity index is 1.46. The molecule has 1 heterocycles. The third-order valence-electron chi connectivity index (χ3n) is 7.74. The number of hydrogen-bond donors (Lipinski definition) is 0. The van der Waals surface area contributed by atoms with Gasteiger partial charge in [0, 0.05) is 24.0 Å². The van der Waals surface area contributed by atoms with Crippen LogP contribution in [0.25, 0.3) is 11.1 Å². The molecule has 0 bridgehead atoms. The van der Waals surface area contributed by atoms with Crippen LogP contribution in [0, 0.1) is 17.8 Å². The quantitative estimate of drug-likeness (QED) is 0.379. The van der Waals surface area contributed by atoms with Gasteiger partial charge in [0.05, 0.1) is 13.2 Å². The molecule has 5 nitrogen and oxygen atoms in total. The number of aliphatic imine (C=N–C) groups is 1. The molecule has 3 aromatic carbocycles. The van der Waals surface area contributed by atoms with Crippen LogP contribution in [0.5, 0.6) is 5.75 Å². The van der Waals surface area contributed by atoms with Gasteiger partial charge in [-0.15, -0.1) is 0 Å². The Morgan fingerprint density at radius 3 is 2.27 bits per heavy atom. The highest BCUT2D eigenvalue weighted by Crippen LogP contribution is 2.46. The molecule has 190 valence electrons. The third kappa shape index (κ3) is 5.22. The number of Topliss-reactive ketones (excluding diaryl/α,β-unsaturated/α-hetero) is 1. The van der Waals surface area contributed by atoms with Gasteiger partial charge in [-0.3, -0.25) is 14.6 Å². The van der Waals surface area contributed by atoms with Crippen LogP contribution in [-0.2, 0) is 20.9 Å². The molecule has 0 radical (unpaired) electrons. The van der Waals surface area contributed by atoms with Gasteiger partial charge in [-0.05, 0) is 53.6 Å². The fraction of sp³-hybridized carbons (Fsp3) is 0.344. The second kappa shape index (κ2) is 10.7. The third-order valence-corrected chi connectivity index (χ3v) is 7.74. The van der Waals surface area contributed by atoms with E-state index in [2.05, 4.69) is 43.3 Å². The van der Waals surface area contributed by atoms with Gasteiger partial charge < -0.3 is 9.47 Å². The van der Waals surface area contributed by atoms with Crippen molar-refractivity contribution in [1.82, 2.24) is 0 Å². The SMILES string of the molecule is COc1ccc(COC(=O)C2C(C)=NC3CC(C)CC(=O)C3C2c2ccc(-c3ccccc3)cc2)cc1. The van der Waals surface area contributed by atoms with Crippen molar-refractivity contribution >= 4 is 17.5 Å². The highest BCUT2D eigenvalue weighted by atomic mass is 16.5. The number of nitrogens with zero attached hydrogens (tertiary/aromatic N) is 1. The maximum Gasteiger partial charge on any atom is 0.315 e. The molecule has 1 fully saturated rings. The molecule has 0 aromatic heterocycles. The molecule has 37 heavy (non-hydrogen) atoms. The highest BCUT2D eigenvalue weighted by Gasteiger charge is 2.50. The van der Waals surface area contributed by atoms with Crippen molar-refractivity contribution in [2.45, 2.75) is 45.3 Å². The molecule has 5 heteroatoms. The van der Waals surface area contributed by atoms with Crippen molar-refractivity contribution < 1.29 is 19.1 Å². The van der Waals surface area contributed by atoms with E-state index in [4.69, 9.17) is 14.5 Å². The first-order chi connectivity index (χ1) is 17.9. The van der Waals surface area contributed by atoms with E-state index >= 15 is 0 Å². The molecule has 1 aliphatic heterocycles. The number of ketones is 1. The van der Waals surface area contributed by atoms with Crippen LogP contribution < -0.4 is 4.74 Å². The number of carbonyl (C=O) groups is 2. The molecule has 1 aliphatic carbocycles. The zero-order valence-corrected chi connectivity index (χ0v) is 21.6. The number of benzene rings is 3. The first-order valence-electron chi connectivity index (χ1n) is 13.0. The second-order valence-corrected chi connectivity index (χ2v) is 10.3. The largest absolute Gasteiger partial charge is 0.497 e. The number of fused-ring (bicyclic) bond motifs is 1. The van der Waals surface area contributed by atoms with Crippen molar-refractivity contribution in [1.29, 1.82) is 0 Å². The van der Waals surface area contributed by atoms with Crippen LogP contribution >= 0.6 is 0 Å². The Morgan fingerprint density at radius 2 is 1.59 bits per heavy atom. The molecule has 5 rings (SSSR count). The highest BCUT2D eigenvalue weighted by molar-refractivity contribution is 6.04. The Morgan fingerprint density at radius 1 is 0.919 bits per heavy atom. The Bertz CT molecular complexity index is 1280. The summed E-state index contributed by atoms with van der Waals surface area (Å²) in [4.78, 5) is 31.9. The molecule has 3 aromatic rings. The Kier molecular flexibility index (Phi) is 7.22. The lowest BCUT2D eigenvalue weighted by molar-refractivity contribution is -0.149. The number of esters is 1. The summed E-state index contributed by atoms with van der Waals surface area (Å²) in [5.74, 6) is -0.300. The average molecular weight is 496 g/mol. The second-order valence-electron chi connectivity index (χ2n) is 10.3. The van der Waals surface area contributed by atoms with E-state index in [9.17, 15) is 9.59 Å². The van der Waals surface area contributed by atoms with E-state index in [1.807, 2.05) is 49.4 Å². The molecule has 2 aliphatic rings. The zero-order chi connectivity index (χ0) is 25.9. The van der Waals surface area contributed by atoms with Crippen molar-refractivity contribution in [2.24, 2.45) is 22.7 Å². The molecule has 0 N–H and O–H groups in total. The molecular formula is C32H33NO4. The number of carbonyl (C=O) groups excluding carboxylic acids is 2. The number of ether oxygens (including phenoxy) is 2. The number of rotatable bonds is 6. The minimum atomic E-state index is -0.598.